The molecule has 2 aromatic rings. The van der Waals surface area contributed by atoms with Gasteiger partial charge in [0.2, 0.25) is 15.6 Å². The number of aromatic amines is 1. The van der Waals surface area contributed by atoms with Crippen LogP contribution in [0.4, 0.5) is 23.7 Å². The van der Waals surface area contributed by atoms with Crippen molar-refractivity contribution in [3.05, 3.63) is 40.2 Å². The highest BCUT2D eigenvalue weighted by Gasteiger charge is 2.35. The number of hydrogen-bond acceptors (Lipinski definition) is 5. The zero-order valence-electron chi connectivity index (χ0n) is 25.0. The average molecular weight is 628 g/mol. The summed E-state index contributed by atoms with van der Waals surface area (Å²) in [5.41, 5.74) is -0.934. The summed E-state index contributed by atoms with van der Waals surface area (Å²) < 4.78 is 67.4. The number of H-pyrrole nitrogens is 1. The number of nitrogens with zero attached hydrogens (tertiary/aromatic N) is 2. The molecule has 1 aromatic carbocycles. The van der Waals surface area contributed by atoms with Crippen LogP contribution in [0, 0.1) is 5.92 Å². The fourth-order valence-electron chi connectivity index (χ4n) is 6.40. The second-order valence-electron chi connectivity index (χ2n) is 11.9. The summed E-state index contributed by atoms with van der Waals surface area (Å²) in [5, 5.41) is 5.76. The van der Waals surface area contributed by atoms with E-state index in [4.69, 9.17) is 0 Å². The number of carbonyl (C=O) groups excluding carboxylic acids is 1. The van der Waals surface area contributed by atoms with Gasteiger partial charge >= 0.3 is 12.2 Å². The van der Waals surface area contributed by atoms with Crippen molar-refractivity contribution in [2.24, 2.45) is 5.92 Å². The van der Waals surface area contributed by atoms with E-state index < -0.39 is 27.3 Å². The Balaban J connectivity index is 1.21. The molecule has 0 aliphatic carbocycles. The number of urea groups is 1. The van der Waals surface area contributed by atoms with Crippen molar-refractivity contribution >= 4 is 32.6 Å². The Hall–Kier alpha value is -2.80. The quantitative estimate of drug-likeness (QED) is 0.280. The fraction of sp³-hybridized carbons (Fsp3) is 0.667. The summed E-state index contributed by atoms with van der Waals surface area (Å²) in [5.74, 6) is 0.681. The Morgan fingerprint density at radius 1 is 1.02 bits per heavy atom. The van der Waals surface area contributed by atoms with Gasteiger partial charge in [0.15, 0.2) is 0 Å². The van der Waals surface area contributed by atoms with Crippen molar-refractivity contribution in [3.63, 3.8) is 0 Å². The summed E-state index contributed by atoms with van der Waals surface area (Å²) in [4.78, 5) is 28.8. The van der Waals surface area contributed by atoms with Gasteiger partial charge in [0, 0.05) is 60.9 Å². The average Bonchev–Trinajstić information content (AvgIpc) is 3.33. The number of unbranched alkanes of at least 4 members (excludes halogenated alkanes) is 1. The summed E-state index contributed by atoms with van der Waals surface area (Å²) >= 11 is 0. The maximum absolute atomic E-state index is 13.7. The van der Waals surface area contributed by atoms with Crippen LogP contribution in [0.25, 0.3) is 10.9 Å². The lowest BCUT2D eigenvalue weighted by Crippen LogP contribution is -2.41. The normalized spacial score (nSPS) is 20.5. The lowest BCUT2D eigenvalue weighted by molar-refractivity contribution is -0.136. The van der Waals surface area contributed by atoms with Crippen molar-refractivity contribution < 1.29 is 26.4 Å². The number of amides is 2. The molecular formula is C30H44F3N5O4S. The van der Waals surface area contributed by atoms with Crippen molar-refractivity contribution in [1.29, 1.82) is 0 Å². The van der Waals surface area contributed by atoms with Crippen LogP contribution in [0.3, 0.4) is 0 Å². The van der Waals surface area contributed by atoms with Gasteiger partial charge in [-0.3, -0.25) is 4.79 Å². The first-order valence-corrected chi connectivity index (χ1v) is 17.0. The van der Waals surface area contributed by atoms with Crippen LogP contribution in [0.15, 0.2) is 29.1 Å². The molecule has 1 aromatic heterocycles. The molecule has 2 fully saturated rings. The minimum Gasteiger partial charge on any atom is -0.366 e. The maximum Gasteiger partial charge on any atom is 0.417 e. The molecule has 240 valence electrons. The predicted octanol–water partition coefficient (Wildman–Crippen LogP) is 5.22. The van der Waals surface area contributed by atoms with Crippen molar-refractivity contribution in [3.8, 4) is 0 Å². The van der Waals surface area contributed by atoms with E-state index in [-0.39, 0.29) is 34.8 Å². The lowest BCUT2D eigenvalue weighted by atomic mass is 9.93. The third-order valence-corrected chi connectivity index (χ3v) is 10.7. The van der Waals surface area contributed by atoms with Crippen molar-refractivity contribution in [2.45, 2.75) is 89.9 Å². The molecule has 0 unspecified atom stereocenters. The Labute approximate surface area is 251 Å². The molecule has 2 atom stereocenters. The van der Waals surface area contributed by atoms with E-state index in [1.165, 1.54) is 12.1 Å². The molecule has 13 heteroatoms. The number of alkyl halides is 3. The topological polar surface area (TPSA) is 115 Å². The second-order valence-corrected chi connectivity index (χ2v) is 14.0. The second kappa shape index (κ2) is 14.3. The zero-order chi connectivity index (χ0) is 31.2. The summed E-state index contributed by atoms with van der Waals surface area (Å²) in [6.45, 7) is 6.14. The van der Waals surface area contributed by atoms with Gasteiger partial charge in [0.25, 0.3) is 0 Å². The number of nitrogens with one attached hydrogen (secondary N) is 3. The molecule has 2 amide bonds. The number of carbonyl (C=O) groups is 1. The molecule has 0 saturated carbocycles. The molecule has 4 rings (SSSR count). The standard InChI is InChI=1S/C30H44F3N5O4S/c1-3-4-18-43(41,42)37-16-12-22(13-17-37)6-5-14-34-29(40)35-15-11-23-8-7-21(2)38(23)24-9-10-27-25(19-24)26(30(31,32)33)20-28(39)36-27/h9-10,19-23H,3-8,11-18H2,1-2H3,(H,36,39)(H2,34,35,40)/t21-,23-/m1/s1. The predicted molar refractivity (Wildman–Crippen MR) is 163 cm³/mol. The van der Waals surface area contributed by atoms with Crippen molar-refractivity contribution in [1.82, 2.24) is 19.9 Å². The number of fused-ring (bicyclic) bond motifs is 1. The molecule has 0 radical (unpaired) electrons. The number of sulfonamides is 1. The first-order valence-electron chi connectivity index (χ1n) is 15.4. The van der Waals surface area contributed by atoms with Gasteiger partial charge in [-0.1, -0.05) is 13.3 Å². The minimum atomic E-state index is -4.65. The van der Waals surface area contributed by atoms with E-state index in [0.717, 1.165) is 44.9 Å². The Kier molecular flexibility index (Phi) is 11.0. The number of benzene rings is 1. The van der Waals surface area contributed by atoms with E-state index in [9.17, 15) is 31.2 Å². The number of hydrogen-bond donors (Lipinski definition) is 3. The molecular weight excluding hydrogens is 583 g/mol. The minimum absolute atomic E-state index is 0.0393. The summed E-state index contributed by atoms with van der Waals surface area (Å²) in [7, 11) is -3.15. The summed E-state index contributed by atoms with van der Waals surface area (Å²) in [6, 6.07) is 5.29. The van der Waals surface area contributed by atoms with Crippen LogP contribution in [-0.4, -0.2) is 67.8 Å². The number of pyridine rings is 1. The van der Waals surface area contributed by atoms with E-state index in [2.05, 4.69) is 20.5 Å². The molecule has 2 aliphatic heterocycles. The first kappa shape index (κ1) is 33.1. The first-order chi connectivity index (χ1) is 20.4. The third kappa shape index (κ3) is 8.65. The van der Waals surface area contributed by atoms with Gasteiger partial charge in [-0.05, 0) is 82.4 Å². The van der Waals surface area contributed by atoms with Crippen LogP contribution in [0.5, 0.6) is 0 Å². The number of piperidine rings is 1. The highest BCUT2D eigenvalue weighted by molar-refractivity contribution is 7.89. The smallest absolute Gasteiger partial charge is 0.366 e. The monoisotopic (exact) mass is 627 g/mol. The zero-order valence-corrected chi connectivity index (χ0v) is 25.8. The Morgan fingerprint density at radius 3 is 2.44 bits per heavy atom. The molecule has 2 aliphatic rings. The van der Waals surface area contributed by atoms with E-state index >= 15 is 0 Å². The summed E-state index contributed by atoms with van der Waals surface area (Å²) in [6.07, 6.45) is 2.75. The maximum atomic E-state index is 13.7. The van der Waals surface area contributed by atoms with Crippen LogP contribution >= 0.6 is 0 Å². The van der Waals surface area contributed by atoms with Gasteiger partial charge in [-0.15, -0.1) is 0 Å². The van der Waals surface area contributed by atoms with Gasteiger partial charge < -0.3 is 20.5 Å². The molecule has 3 N–H and O–H groups in total. The van der Waals surface area contributed by atoms with Crippen LogP contribution < -0.4 is 21.1 Å². The SMILES string of the molecule is CCCCS(=O)(=O)N1CCC(CCCNC(=O)NCC[C@H]2CC[C@@H](C)N2c2ccc3[nH]c(=O)cc(C(F)(F)F)c3c2)CC1. The van der Waals surface area contributed by atoms with Gasteiger partial charge in [-0.2, -0.15) is 13.2 Å². The molecule has 43 heavy (non-hydrogen) atoms. The molecule has 3 heterocycles. The van der Waals surface area contributed by atoms with Gasteiger partial charge in [0.1, 0.15) is 0 Å². The Morgan fingerprint density at radius 2 is 1.74 bits per heavy atom. The number of rotatable bonds is 12. The fourth-order valence-corrected chi connectivity index (χ4v) is 8.08. The third-order valence-electron chi connectivity index (χ3n) is 8.78. The molecule has 9 nitrogen and oxygen atoms in total. The highest BCUT2D eigenvalue weighted by Crippen LogP contribution is 2.37. The van der Waals surface area contributed by atoms with E-state index in [0.29, 0.717) is 56.7 Å². The van der Waals surface area contributed by atoms with Crippen molar-refractivity contribution in [2.75, 3.05) is 36.8 Å². The number of anilines is 1. The highest BCUT2D eigenvalue weighted by atomic mass is 32.2. The largest absolute Gasteiger partial charge is 0.417 e. The lowest BCUT2D eigenvalue weighted by Gasteiger charge is -2.31. The van der Waals surface area contributed by atoms with Gasteiger partial charge in [-0.25, -0.2) is 17.5 Å². The Bertz CT molecular complexity index is 1410. The molecule has 2 saturated heterocycles. The van der Waals surface area contributed by atoms with E-state index in [1.807, 2.05) is 13.8 Å². The molecule has 0 bridgehead atoms. The van der Waals surface area contributed by atoms with Crippen LogP contribution in [-0.2, 0) is 16.2 Å². The number of aromatic nitrogens is 1. The van der Waals surface area contributed by atoms with Crippen LogP contribution in [0.2, 0.25) is 0 Å². The van der Waals surface area contributed by atoms with Crippen LogP contribution in [0.1, 0.15) is 77.2 Å². The molecule has 0 spiro atoms. The van der Waals surface area contributed by atoms with E-state index in [1.54, 1.807) is 10.4 Å². The van der Waals surface area contributed by atoms with Gasteiger partial charge in [0.05, 0.1) is 11.3 Å². The number of halogens is 3.